The lowest BCUT2D eigenvalue weighted by molar-refractivity contribution is 0.464. The molecule has 0 spiro atoms. The summed E-state index contributed by atoms with van der Waals surface area (Å²) in [7, 11) is -3.33. The van der Waals surface area contributed by atoms with Crippen LogP contribution < -0.4 is 4.74 Å². The molecule has 2 aromatic carbocycles. The maximum Gasteiger partial charge on any atom is 0.181 e. The third-order valence-corrected chi connectivity index (χ3v) is 4.94. The molecule has 5 heteroatoms. The van der Waals surface area contributed by atoms with Crippen molar-refractivity contribution in [1.29, 1.82) is 0 Å². The van der Waals surface area contributed by atoms with E-state index < -0.39 is 9.84 Å². The summed E-state index contributed by atoms with van der Waals surface area (Å²) in [5, 5.41) is 0.543. The highest BCUT2D eigenvalue weighted by Crippen LogP contribution is 2.32. The number of hydrogen-bond acceptors (Lipinski definition) is 3. The van der Waals surface area contributed by atoms with Gasteiger partial charge in [0.05, 0.1) is 5.75 Å². The lowest BCUT2D eigenvalue weighted by atomic mass is 10.2. The Kier molecular flexibility index (Phi) is 4.35. The average Bonchev–Trinajstić information content (AvgIpc) is 2.43. The van der Waals surface area contributed by atoms with Crippen LogP contribution in [0, 0.1) is 6.92 Å². The molecule has 0 saturated carbocycles. The van der Waals surface area contributed by atoms with E-state index in [1.165, 1.54) is 0 Å². The molecule has 0 radical (unpaired) electrons. The fourth-order valence-corrected chi connectivity index (χ4v) is 2.92. The zero-order valence-corrected chi connectivity index (χ0v) is 12.8. The van der Waals surface area contributed by atoms with Crippen molar-refractivity contribution >= 4 is 21.4 Å². The van der Waals surface area contributed by atoms with Gasteiger partial charge in [-0.05, 0) is 36.8 Å². The molecular weight excluding hydrogens is 296 g/mol. The van der Waals surface area contributed by atoms with Gasteiger partial charge in [-0.1, -0.05) is 36.7 Å². The molecule has 20 heavy (non-hydrogen) atoms. The zero-order chi connectivity index (χ0) is 14.8. The summed E-state index contributed by atoms with van der Waals surface area (Å²) in [6, 6.07) is 11.9. The van der Waals surface area contributed by atoms with E-state index in [9.17, 15) is 8.42 Å². The molecule has 0 N–H and O–H groups in total. The van der Waals surface area contributed by atoms with Gasteiger partial charge in [0.25, 0.3) is 0 Å². The Morgan fingerprint density at radius 3 is 2.50 bits per heavy atom. The molecule has 0 bridgehead atoms. The van der Waals surface area contributed by atoms with Crippen LogP contribution in [0.4, 0.5) is 0 Å². The number of benzene rings is 2. The Balaban J connectivity index is 2.47. The number of rotatable bonds is 4. The smallest absolute Gasteiger partial charge is 0.181 e. The molecule has 0 aliphatic rings. The fraction of sp³-hybridized carbons (Fsp3) is 0.200. The van der Waals surface area contributed by atoms with Crippen LogP contribution in [0.25, 0.3) is 0 Å². The van der Waals surface area contributed by atoms with Gasteiger partial charge in [-0.15, -0.1) is 0 Å². The van der Waals surface area contributed by atoms with Crippen LogP contribution in [0.15, 0.2) is 47.4 Å². The Hall–Kier alpha value is -1.52. The largest absolute Gasteiger partial charge is 0.456 e. The number of aryl methyl sites for hydroxylation is 1. The molecule has 0 heterocycles. The summed E-state index contributed by atoms with van der Waals surface area (Å²) in [5.74, 6) is 0.901. The first kappa shape index (κ1) is 14.9. The molecule has 0 fully saturated rings. The van der Waals surface area contributed by atoms with Crippen molar-refractivity contribution in [3.05, 3.63) is 53.1 Å². The van der Waals surface area contributed by atoms with Gasteiger partial charge in [-0.2, -0.15) is 0 Å². The summed E-state index contributed by atoms with van der Waals surface area (Å²) in [6.45, 7) is 3.49. The van der Waals surface area contributed by atoms with Crippen molar-refractivity contribution in [3.63, 3.8) is 0 Å². The number of ether oxygens (including phenoxy) is 1. The lowest BCUT2D eigenvalue weighted by Gasteiger charge is -2.12. The van der Waals surface area contributed by atoms with Gasteiger partial charge < -0.3 is 4.74 Å². The van der Waals surface area contributed by atoms with Gasteiger partial charge in [-0.3, -0.25) is 0 Å². The Labute approximate surface area is 124 Å². The van der Waals surface area contributed by atoms with Crippen LogP contribution in [-0.4, -0.2) is 14.2 Å². The molecule has 0 unspecified atom stereocenters. The van der Waals surface area contributed by atoms with Crippen molar-refractivity contribution in [2.75, 3.05) is 5.75 Å². The van der Waals surface area contributed by atoms with Crippen LogP contribution in [-0.2, 0) is 9.84 Å². The first-order valence-electron chi connectivity index (χ1n) is 6.20. The number of sulfone groups is 1. The maximum atomic E-state index is 12.1. The second kappa shape index (κ2) is 5.85. The minimum Gasteiger partial charge on any atom is -0.456 e. The summed E-state index contributed by atoms with van der Waals surface area (Å²) >= 11 is 5.94. The quantitative estimate of drug-likeness (QED) is 0.848. The van der Waals surface area contributed by atoms with E-state index >= 15 is 0 Å². The SMILES string of the molecule is CCS(=O)(=O)c1ccccc1Oc1cc(Cl)ccc1C. The first-order chi connectivity index (χ1) is 9.44. The van der Waals surface area contributed by atoms with E-state index in [4.69, 9.17) is 16.3 Å². The second-order valence-electron chi connectivity index (χ2n) is 4.36. The fourth-order valence-electron chi connectivity index (χ4n) is 1.75. The molecule has 2 rings (SSSR count). The summed E-state index contributed by atoms with van der Waals surface area (Å²) in [6.07, 6.45) is 0. The third-order valence-electron chi connectivity index (χ3n) is 2.93. The van der Waals surface area contributed by atoms with Gasteiger partial charge in [0.15, 0.2) is 9.84 Å². The van der Waals surface area contributed by atoms with Crippen molar-refractivity contribution < 1.29 is 13.2 Å². The van der Waals surface area contributed by atoms with Gasteiger partial charge in [0.2, 0.25) is 0 Å². The monoisotopic (exact) mass is 310 g/mol. The van der Waals surface area contributed by atoms with Crippen molar-refractivity contribution in [2.24, 2.45) is 0 Å². The summed E-state index contributed by atoms with van der Waals surface area (Å²) in [5.41, 5.74) is 0.887. The number of hydrogen-bond donors (Lipinski definition) is 0. The molecule has 0 amide bonds. The summed E-state index contributed by atoms with van der Waals surface area (Å²) in [4.78, 5) is 0.196. The van der Waals surface area contributed by atoms with Crippen LogP contribution >= 0.6 is 11.6 Å². The van der Waals surface area contributed by atoms with Crippen LogP contribution in [0.2, 0.25) is 5.02 Å². The van der Waals surface area contributed by atoms with E-state index in [0.717, 1.165) is 5.56 Å². The minimum absolute atomic E-state index is 0.0297. The van der Waals surface area contributed by atoms with E-state index in [0.29, 0.717) is 16.5 Å². The highest BCUT2D eigenvalue weighted by Gasteiger charge is 2.18. The van der Waals surface area contributed by atoms with Gasteiger partial charge >= 0.3 is 0 Å². The number of para-hydroxylation sites is 1. The van der Waals surface area contributed by atoms with E-state index in [-0.39, 0.29) is 10.6 Å². The average molecular weight is 311 g/mol. The van der Waals surface area contributed by atoms with Crippen LogP contribution in [0.3, 0.4) is 0 Å². The van der Waals surface area contributed by atoms with Crippen molar-refractivity contribution in [2.45, 2.75) is 18.7 Å². The first-order valence-corrected chi connectivity index (χ1v) is 8.23. The molecule has 3 nitrogen and oxygen atoms in total. The third kappa shape index (κ3) is 3.14. The number of halogens is 1. The standard InChI is InChI=1S/C15H15ClO3S/c1-3-20(17,18)15-7-5-4-6-13(15)19-14-10-12(16)9-8-11(14)2/h4-10H,3H2,1-2H3. The van der Waals surface area contributed by atoms with Gasteiger partial charge in [-0.25, -0.2) is 8.42 Å². The predicted molar refractivity (Wildman–Crippen MR) is 80.4 cm³/mol. The molecule has 0 aliphatic heterocycles. The van der Waals surface area contributed by atoms with Gasteiger partial charge in [0, 0.05) is 5.02 Å². The summed E-state index contributed by atoms with van der Waals surface area (Å²) < 4.78 is 29.9. The Morgan fingerprint density at radius 1 is 1.10 bits per heavy atom. The van der Waals surface area contributed by atoms with E-state index in [1.54, 1.807) is 43.3 Å². The molecule has 0 saturated heterocycles. The molecular formula is C15H15ClO3S. The lowest BCUT2D eigenvalue weighted by Crippen LogP contribution is -2.05. The van der Waals surface area contributed by atoms with E-state index in [1.807, 2.05) is 13.0 Å². The highest BCUT2D eigenvalue weighted by atomic mass is 35.5. The van der Waals surface area contributed by atoms with Crippen molar-refractivity contribution in [3.8, 4) is 11.5 Å². The second-order valence-corrected chi connectivity index (χ2v) is 7.05. The zero-order valence-electron chi connectivity index (χ0n) is 11.3. The maximum absolute atomic E-state index is 12.1. The van der Waals surface area contributed by atoms with Crippen LogP contribution in [0.1, 0.15) is 12.5 Å². The minimum atomic E-state index is -3.33. The Morgan fingerprint density at radius 2 is 1.80 bits per heavy atom. The normalized spacial score (nSPS) is 11.3. The molecule has 106 valence electrons. The molecule has 0 aromatic heterocycles. The topological polar surface area (TPSA) is 43.4 Å². The van der Waals surface area contributed by atoms with Crippen molar-refractivity contribution in [1.82, 2.24) is 0 Å². The van der Waals surface area contributed by atoms with Gasteiger partial charge in [0.1, 0.15) is 16.4 Å². The van der Waals surface area contributed by atoms with E-state index in [2.05, 4.69) is 0 Å². The highest BCUT2D eigenvalue weighted by molar-refractivity contribution is 7.91. The Bertz CT molecular complexity index is 724. The van der Waals surface area contributed by atoms with Crippen LogP contribution in [0.5, 0.6) is 11.5 Å². The molecule has 0 aliphatic carbocycles. The molecule has 2 aromatic rings. The molecule has 0 atom stereocenters. The predicted octanol–water partition coefficient (Wildman–Crippen LogP) is 4.23.